The molecule has 5 heteroatoms. The van der Waals surface area contributed by atoms with E-state index in [1.54, 1.807) is 17.4 Å². The second-order valence-electron chi connectivity index (χ2n) is 4.55. The van der Waals surface area contributed by atoms with Gasteiger partial charge in [-0.05, 0) is 48.9 Å². The monoisotopic (exact) mass is 322 g/mol. The number of anilines is 1. The first-order chi connectivity index (χ1) is 9.60. The Morgan fingerprint density at radius 1 is 1.10 bits per heavy atom. The molecule has 0 unspecified atom stereocenters. The third-order valence-corrected chi connectivity index (χ3v) is 4.28. The lowest BCUT2D eigenvalue weighted by molar-refractivity contribution is 1.15. The van der Waals surface area contributed by atoms with E-state index in [1.165, 1.54) is 4.70 Å². The molecule has 3 rings (SSSR count). The van der Waals surface area contributed by atoms with Gasteiger partial charge in [-0.3, -0.25) is 0 Å². The first kappa shape index (κ1) is 13.7. The molecule has 0 saturated heterocycles. The van der Waals surface area contributed by atoms with Crippen molar-refractivity contribution in [1.82, 2.24) is 4.98 Å². The molecule has 0 fully saturated rings. The molecule has 102 valence electrons. The van der Waals surface area contributed by atoms with E-state index in [2.05, 4.69) is 16.4 Å². The minimum atomic E-state index is 0.655. The Hall–Kier alpha value is -1.29. The summed E-state index contributed by atoms with van der Waals surface area (Å²) in [6.07, 6.45) is 0. The van der Waals surface area contributed by atoms with Crippen molar-refractivity contribution in [2.75, 3.05) is 5.32 Å². The lowest BCUT2D eigenvalue weighted by Gasteiger charge is -2.07. The number of thiazole rings is 1. The van der Waals surface area contributed by atoms with Gasteiger partial charge in [0.25, 0.3) is 0 Å². The number of halogens is 2. The van der Waals surface area contributed by atoms with Gasteiger partial charge in [0.05, 0.1) is 15.2 Å². The van der Waals surface area contributed by atoms with E-state index in [9.17, 15) is 0 Å². The normalized spacial score (nSPS) is 10.9. The SMILES string of the molecule is Cc1nc2ccc(NCc3cc(Cl)cc(Cl)c3)cc2s1. The predicted molar refractivity (Wildman–Crippen MR) is 88.1 cm³/mol. The van der Waals surface area contributed by atoms with Crippen LogP contribution in [0.3, 0.4) is 0 Å². The van der Waals surface area contributed by atoms with Gasteiger partial charge in [0.2, 0.25) is 0 Å². The van der Waals surface area contributed by atoms with Crippen LogP contribution in [-0.4, -0.2) is 4.98 Å². The molecule has 2 nitrogen and oxygen atoms in total. The highest BCUT2D eigenvalue weighted by atomic mass is 35.5. The van der Waals surface area contributed by atoms with Crippen molar-refractivity contribution in [3.63, 3.8) is 0 Å². The number of aryl methyl sites for hydroxylation is 1. The fourth-order valence-corrected chi connectivity index (χ4v) is 3.50. The van der Waals surface area contributed by atoms with Gasteiger partial charge in [0.1, 0.15) is 0 Å². The number of hydrogen-bond donors (Lipinski definition) is 1. The third kappa shape index (κ3) is 3.06. The second-order valence-corrected chi connectivity index (χ2v) is 6.65. The zero-order valence-corrected chi connectivity index (χ0v) is 13.1. The molecule has 0 bridgehead atoms. The lowest BCUT2D eigenvalue weighted by atomic mass is 10.2. The van der Waals surface area contributed by atoms with Gasteiger partial charge in [0, 0.05) is 22.3 Å². The molecule has 0 saturated carbocycles. The summed E-state index contributed by atoms with van der Waals surface area (Å²) in [5.74, 6) is 0. The maximum absolute atomic E-state index is 5.99. The smallest absolute Gasteiger partial charge is 0.0907 e. The van der Waals surface area contributed by atoms with Crippen LogP contribution in [0.1, 0.15) is 10.6 Å². The van der Waals surface area contributed by atoms with E-state index in [-0.39, 0.29) is 0 Å². The highest BCUT2D eigenvalue weighted by Crippen LogP contribution is 2.25. The molecule has 2 aromatic carbocycles. The molecule has 0 atom stereocenters. The van der Waals surface area contributed by atoms with Crippen molar-refractivity contribution in [2.45, 2.75) is 13.5 Å². The largest absolute Gasteiger partial charge is 0.381 e. The van der Waals surface area contributed by atoms with Crippen LogP contribution in [-0.2, 0) is 6.54 Å². The summed E-state index contributed by atoms with van der Waals surface area (Å²) in [7, 11) is 0. The van der Waals surface area contributed by atoms with Gasteiger partial charge in [0.15, 0.2) is 0 Å². The summed E-state index contributed by atoms with van der Waals surface area (Å²) in [6.45, 7) is 2.70. The van der Waals surface area contributed by atoms with Crippen molar-refractivity contribution in [2.24, 2.45) is 0 Å². The van der Waals surface area contributed by atoms with Crippen LogP contribution < -0.4 is 5.32 Å². The lowest BCUT2D eigenvalue weighted by Crippen LogP contribution is -1.99. The van der Waals surface area contributed by atoms with Crippen LogP contribution >= 0.6 is 34.5 Å². The zero-order chi connectivity index (χ0) is 14.1. The number of aromatic nitrogens is 1. The van der Waals surface area contributed by atoms with Gasteiger partial charge >= 0.3 is 0 Å². The Bertz CT molecular complexity index is 747. The number of fused-ring (bicyclic) bond motifs is 1. The van der Waals surface area contributed by atoms with E-state index >= 15 is 0 Å². The minimum Gasteiger partial charge on any atom is -0.381 e. The van der Waals surface area contributed by atoms with Crippen molar-refractivity contribution in [3.8, 4) is 0 Å². The predicted octanol–water partition coefficient (Wildman–Crippen LogP) is 5.52. The zero-order valence-electron chi connectivity index (χ0n) is 10.8. The summed E-state index contributed by atoms with van der Waals surface area (Å²) in [5, 5.41) is 5.77. The first-order valence-corrected chi connectivity index (χ1v) is 7.73. The van der Waals surface area contributed by atoms with Crippen LogP contribution in [0.15, 0.2) is 36.4 Å². The van der Waals surface area contributed by atoms with Gasteiger partial charge < -0.3 is 5.32 Å². The number of nitrogens with zero attached hydrogens (tertiary/aromatic N) is 1. The van der Waals surface area contributed by atoms with E-state index in [0.717, 1.165) is 21.8 Å². The van der Waals surface area contributed by atoms with Crippen LogP contribution in [0.2, 0.25) is 10.0 Å². The van der Waals surface area contributed by atoms with Gasteiger partial charge in [-0.1, -0.05) is 23.2 Å². The highest BCUT2D eigenvalue weighted by Gasteiger charge is 2.02. The van der Waals surface area contributed by atoms with E-state index < -0.39 is 0 Å². The second kappa shape index (κ2) is 5.60. The Balaban J connectivity index is 1.79. The van der Waals surface area contributed by atoms with Gasteiger partial charge in [-0.15, -0.1) is 11.3 Å². The maximum atomic E-state index is 5.99. The first-order valence-electron chi connectivity index (χ1n) is 6.16. The summed E-state index contributed by atoms with van der Waals surface area (Å²) in [6, 6.07) is 11.7. The molecular weight excluding hydrogens is 311 g/mol. The Kier molecular flexibility index (Phi) is 3.83. The Morgan fingerprint density at radius 2 is 1.85 bits per heavy atom. The maximum Gasteiger partial charge on any atom is 0.0907 e. The minimum absolute atomic E-state index is 0.655. The molecule has 1 aromatic heterocycles. The molecular formula is C15H12Cl2N2S. The highest BCUT2D eigenvalue weighted by molar-refractivity contribution is 7.18. The summed E-state index contributed by atoms with van der Waals surface area (Å²) >= 11 is 13.7. The average Bonchev–Trinajstić information content (AvgIpc) is 2.74. The van der Waals surface area contributed by atoms with Gasteiger partial charge in [-0.2, -0.15) is 0 Å². The van der Waals surface area contributed by atoms with Crippen molar-refractivity contribution < 1.29 is 0 Å². The molecule has 20 heavy (non-hydrogen) atoms. The van der Waals surface area contributed by atoms with Crippen LogP contribution in [0.25, 0.3) is 10.2 Å². The quantitative estimate of drug-likeness (QED) is 0.686. The number of nitrogens with one attached hydrogen (secondary N) is 1. The number of rotatable bonds is 3. The van der Waals surface area contributed by atoms with Crippen LogP contribution in [0.4, 0.5) is 5.69 Å². The topological polar surface area (TPSA) is 24.9 Å². The Labute approximate surface area is 131 Å². The molecule has 0 radical (unpaired) electrons. The fraction of sp³-hybridized carbons (Fsp3) is 0.133. The fourth-order valence-electron chi connectivity index (χ4n) is 2.07. The molecule has 0 aliphatic rings. The van der Waals surface area contributed by atoms with Gasteiger partial charge in [-0.25, -0.2) is 4.98 Å². The van der Waals surface area contributed by atoms with Crippen molar-refractivity contribution >= 4 is 50.4 Å². The average molecular weight is 323 g/mol. The molecule has 0 amide bonds. The molecule has 1 heterocycles. The van der Waals surface area contributed by atoms with Crippen LogP contribution in [0.5, 0.6) is 0 Å². The third-order valence-electron chi connectivity index (χ3n) is 2.91. The molecule has 0 aliphatic carbocycles. The molecule has 3 aromatic rings. The molecule has 1 N–H and O–H groups in total. The van der Waals surface area contributed by atoms with Crippen molar-refractivity contribution in [1.29, 1.82) is 0 Å². The van der Waals surface area contributed by atoms with E-state index in [0.29, 0.717) is 16.6 Å². The molecule has 0 spiro atoms. The summed E-state index contributed by atoms with van der Waals surface area (Å²) in [4.78, 5) is 4.45. The van der Waals surface area contributed by atoms with Crippen LogP contribution in [0, 0.1) is 6.92 Å². The molecule has 0 aliphatic heterocycles. The summed E-state index contributed by atoms with van der Waals surface area (Å²) in [5.41, 5.74) is 3.17. The van der Waals surface area contributed by atoms with E-state index in [1.807, 2.05) is 31.2 Å². The Morgan fingerprint density at radius 3 is 2.60 bits per heavy atom. The standard InChI is InChI=1S/C15H12Cl2N2S/c1-9-19-14-3-2-13(7-15(14)20-9)18-8-10-4-11(16)6-12(17)5-10/h2-7,18H,8H2,1H3. The summed E-state index contributed by atoms with van der Waals surface area (Å²) < 4.78 is 1.19. The number of hydrogen-bond acceptors (Lipinski definition) is 3. The van der Waals surface area contributed by atoms with E-state index in [4.69, 9.17) is 23.2 Å². The van der Waals surface area contributed by atoms with Crippen molar-refractivity contribution in [3.05, 3.63) is 57.0 Å². The number of benzene rings is 2.